The van der Waals surface area contributed by atoms with E-state index >= 15 is 0 Å². The van der Waals surface area contributed by atoms with Gasteiger partial charge < -0.3 is 10.2 Å². The molecule has 30 heavy (non-hydrogen) atoms. The average Bonchev–Trinajstić information content (AvgIpc) is 2.64. The van der Waals surface area contributed by atoms with Crippen LogP contribution in [0, 0.1) is 5.82 Å². The van der Waals surface area contributed by atoms with E-state index in [0.717, 1.165) is 10.6 Å². The van der Waals surface area contributed by atoms with Crippen molar-refractivity contribution >= 4 is 22.0 Å². The molecule has 0 fully saturated rings. The lowest BCUT2D eigenvalue weighted by molar-refractivity contribution is 0.117. The van der Waals surface area contributed by atoms with E-state index in [1.54, 1.807) is 25.1 Å². The predicted molar refractivity (Wildman–Crippen MR) is 116 cm³/mol. The number of benzene rings is 1. The van der Waals surface area contributed by atoms with Crippen molar-refractivity contribution in [1.82, 2.24) is 9.97 Å². The Morgan fingerprint density at radius 1 is 1.13 bits per heavy atom. The van der Waals surface area contributed by atoms with E-state index in [-0.39, 0.29) is 18.3 Å². The fourth-order valence-corrected chi connectivity index (χ4v) is 3.21. The first-order valence-electron chi connectivity index (χ1n) is 9.56. The smallest absolute Gasteiger partial charge is 0.239 e. The Balaban J connectivity index is 2.73. The lowest BCUT2D eigenvalue weighted by atomic mass is 9.97. The molecule has 0 aliphatic heterocycles. The summed E-state index contributed by atoms with van der Waals surface area (Å²) in [5.74, 6) is -0.496. The van der Waals surface area contributed by atoms with Crippen molar-refractivity contribution in [2.75, 3.05) is 17.6 Å². The molecule has 7 nitrogen and oxygen atoms in total. The Bertz CT molecular complexity index is 1010. The second kappa shape index (κ2) is 9.63. The maximum Gasteiger partial charge on any atom is 0.239 e. The van der Waals surface area contributed by atoms with Gasteiger partial charge >= 0.3 is 0 Å². The van der Waals surface area contributed by atoms with Gasteiger partial charge in [0.25, 0.3) is 0 Å². The number of rotatable bonds is 8. The van der Waals surface area contributed by atoms with Crippen LogP contribution in [-0.2, 0) is 10.0 Å². The van der Waals surface area contributed by atoms with E-state index < -0.39 is 28.0 Å². The molecule has 0 aliphatic carbocycles. The highest BCUT2D eigenvalue weighted by molar-refractivity contribution is 7.92. The van der Waals surface area contributed by atoms with Crippen molar-refractivity contribution in [2.24, 2.45) is 0 Å². The minimum atomic E-state index is -3.59. The van der Waals surface area contributed by atoms with Crippen LogP contribution in [0.2, 0.25) is 0 Å². The topological polar surface area (TPSA) is 104 Å². The standard InChI is InChI=1S/C21H28FN3O4S/c1-13(2)19-18(11-10-17(27)12-14(3)26)20(15-6-8-16(22)9-7-15)24-21(23-19)25(4)30(5,28)29/h6-11,13-14,17,26-27H,12H2,1-5H3/t14-,17+/m0/s1. The summed E-state index contributed by atoms with van der Waals surface area (Å²) >= 11 is 0. The minimum absolute atomic E-state index is 0.00204. The van der Waals surface area contributed by atoms with Gasteiger partial charge in [-0.1, -0.05) is 26.0 Å². The molecule has 2 rings (SSSR count). The van der Waals surface area contributed by atoms with Gasteiger partial charge in [-0.2, -0.15) is 0 Å². The molecular weight excluding hydrogens is 409 g/mol. The van der Waals surface area contributed by atoms with Crippen LogP contribution in [0.1, 0.15) is 44.4 Å². The zero-order valence-electron chi connectivity index (χ0n) is 17.7. The number of aliphatic hydroxyl groups excluding tert-OH is 2. The van der Waals surface area contributed by atoms with Gasteiger partial charge in [-0.25, -0.2) is 27.1 Å². The molecule has 0 unspecified atom stereocenters. The van der Waals surface area contributed by atoms with Crippen molar-refractivity contribution in [2.45, 2.75) is 45.3 Å². The summed E-state index contributed by atoms with van der Waals surface area (Å²) in [4.78, 5) is 8.91. The number of sulfonamides is 1. The lowest BCUT2D eigenvalue weighted by Crippen LogP contribution is -2.27. The molecule has 1 aromatic carbocycles. The van der Waals surface area contributed by atoms with Crippen LogP contribution in [-0.4, -0.2) is 54.1 Å². The van der Waals surface area contributed by atoms with E-state index in [0.29, 0.717) is 22.5 Å². The highest BCUT2D eigenvalue weighted by Crippen LogP contribution is 2.31. The van der Waals surface area contributed by atoms with E-state index in [1.165, 1.54) is 25.3 Å². The zero-order valence-corrected chi connectivity index (χ0v) is 18.6. The first-order valence-corrected chi connectivity index (χ1v) is 11.4. The Morgan fingerprint density at radius 3 is 2.23 bits per heavy atom. The van der Waals surface area contributed by atoms with Crippen LogP contribution >= 0.6 is 0 Å². The molecular formula is C21H28FN3O4S. The van der Waals surface area contributed by atoms with Crippen molar-refractivity contribution in [3.63, 3.8) is 0 Å². The van der Waals surface area contributed by atoms with Gasteiger partial charge in [-0.15, -0.1) is 0 Å². The Labute approximate surface area is 177 Å². The zero-order chi connectivity index (χ0) is 22.6. The molecule has 0 saturated heterocycles. The number of hydrogen-bond acceptors (Lipinski definition) is 6. The van der Waals surface area contributed by atoms with Crippen LogP contribution in [0.25, 0.3) is 17.3 Å². The number of hydrogen-bond donors (Lipinski definition) is 2. The maximum absolute atomic E-state index is 13.5. The van der Waals surface area contributed by atoms with E-state index in [4.69, 9.17) is 0 Å². The molecule has 0 bridgehead atoms. The third kappa shape index (κ3) is 6.07. The summed E-state index contributed by atoms with van der Waals surface area (Å²) in [5.41, 5.74) is 2.16. The van der Waals surface area contributed by atoms with Crippen molar-refractivity contribution < 1.29 is 23.0 Å². The van der Waals surface area contributed by atoms with Gasteiger partial charge in [0.1, 0.15) is 5.82 Å². The first-order chi connectivity index (χ1) is 13.9. The van der Waals surface area contributed by atoms with Crippen LogP contribution < -0.4 is 4.31 Å². The molecule has 0 spiro atoms. The third-order valence-electron chi connectivity index (χ3n) is 4.47. The molecule has 0 aliphatic rings. The van der Waals surface area contributed by atoms with Gasteiger partial charge in [0.15, 0.2) is 0 Å². The lowest BCUT2D eigenvalue weighted by Gasteiger charge is -2.20. The largest absolute Gasteiger partial charge is 0.393 e. The molecule has 1 aromatic heterocycles. The van der Waals surface area contributed by atoms with Crippen molar-refractivity contribution in [3.8, 4) is 11.3 Å². The summed E-state index contributed by atoms with van der Waals surface area (Å²) in [6.07, 6.45) is 2.85. The average molecular weight is 438 g/mol. The molecule has 0 radical (unpaired) electrons. The highest BCUT2D eigenvalue weighted by Gasteiger charge is 2.22. The van der Waals surface area contributed by atoms with E-state index in [1.807, 2.05) is 13.8 Å². The van der Waals surface area contributed by atoms with Crippen LogP contribution in [0.5, 0.6) is 0 Å². The number of aromatic nitrogens is 2. The molecule has 164 valence electrons. The van der Waals surface area contributed by atoms with Crippen molar-refractivity contribution in [3.05, 3.63) is 47.4 Å². The SMILES string of the molecule is CC(C)c1nc(N(C)S(C)(=O)=O)nc(-c2ccc(F)cc2)c1C=C[C@@H](O)C[C@H](C)O. The van der Waals surface area contributed by atoms with E-state index in [2.05, 4.69) is 9.97 Å². The summed E-state index contributed by atoms with van der Waals surface area (Å²) in [7, 11) is -2.23. The Hall–Kier alpha value is -2.36. The number of nitrogens with zero attached hydrogens (tertiary/aromatic N) is 3. The molecule has 0 amide bonds. The fourth-order valence-electron chi connectivity index (χ4n) is 2.83. The quantitative estimate of drug-likeness (QED) is 0.658. The van der Waals surface area contributed by atoms with Gasteiger partial charge in [0.05, 0.1) is 29.9 Å². The van der Waals surface area contributed by atoms with Gasteiger partial charge in [-0.3, -0.25) is 0 Å². The molecule has 1 heterocycles. The summed E-state index contributed by atoms with van der Waals surface area (Å²) in [6, 6.07) is 5.69. The predicted octanol–water partition coefficient (Wildman–Crippen LogP) is 2.95. The van der Waals surface area contributed by atoms with Gasteiger partial charge in [0, 0.05) is 24.6 Å². The monoisotopic (exact) mass is 437 g/mol. The van der Waals surface area contributed by atoms with E-state index in [9.17, 15) is 23.0 Å². The fraction of sp³-hybridized carbons (Fsp3) is 0.429. The maximum atomic E-state index is 13.5. The van der Waals surface area contributed by atoms with Gasteiger partial charge in [0.2, 0.25) is 16.0 Å². The van der Waals surface area contributed by atoms with Crippen LogP contribution in [0.4, 0.5) is 10.3 Å². The number of aliphatic hydroxyl groups is 2. The van der Waals surface area contributed by atoms with Crippen LogP contribution in [0.15, 0.2) is 30.3 Å². The second-order valence-electron chi connectivity index (χ2n) is 7.57. The summed E-state index contributed by atoms with van der Waals surface area (Å²) in [6.45, 7) is 5.40. The normalized spacial score (nSPS) is 14.3. The third-order valence-corrected chi connectivity index (χ3v) is 5.63. The second-order valence-corrected chi connectivity index (χ2v) is 9.59. The molecule has 2 atom stereocenters. The molecule has 0 saturated carbocycles. The Kier molecular flexibility index (Phi) is 7.68. The van der Waals surface area contributed by atoms with Gasteiger partial charge in [-0.05, 0) is 37.1 Å². The molecule has 2 aromatic rings. The molecule has 2 N–H and O–H groups in total. The van der Waals surface area contributed by atoms with Crippen molar-refractivity contribution in [1.29, 1.82) is 0 Å². The number of halogens is 1. The first kappa shape index (κ1) is 23.9. The summed E-state index contributed by atoms with van der Waals surface area (Å²) in [5, 5.41) is 19.6. The summed E-state index contributed by atoms with van der Waals surface area (Å²) < 4.78 is 38.5. The molecule has 9 heteroatoms. The highest BCUT2D eigenvalue weighted by atomic mass is 32.2. The number of anilines is 1. The minimum Gasteiger partial charge on any atom is -0.393 e. The van der Waals surface area contributed by atoms with Crippen LogP contribution in [0.3, 0.4) is 0 Å². The Morgan fingerprint density at radius 2 is 1.73 bits per heavy atom.